The van der Waals surface area contributed by atoms with Gasteiger partial charge < -0.3 is 4.90 Å². The van der Waals surface area contributed by atoms with Crippen LogP contribution in [0.4, 0.5) is 34.3 Å². The van der Waals surface area contributed by atoms with E-state index < -0.39 is 0 Å². The average Bonchev–Trinajstić information content (AvgIpc) is 1.54. The van der Waals surface area contributed by atoms with Gasteiger partial charge in [0.1, 0.15) is 5.82 Å². The minimum Gasteiger partial charge on any atom is -0.309 e. The van der Waals surface area contributed by atoms with Crippen molar-refractivity contribution < 1.29 is 0 Å². The van der Waals surface area contributed by atoms with E-state index >= 15 is 0 Å². The average molecular weight is 1450 g/mol. The number of fused-ring (bicyclic) bond motifs is 8. The van der Waals surface area contributed by atoms with Crippen LogP contribution in [0.5, 0.6) is 0 Å². The molecule has 2 aliphatic carbocycles. The summed E-state index contributed by atoms with van der Waals surface area (Å²) in [7, 11) is 0. The molecule has 20 aromatic rings. The van der Waals surface area contributed by atoms with Gasteiger partial charge in [0.05, 0.1) is 11.9 Å². The Morgan fingerprint density at radius 2 is 0.509 bits per heavy atom. The van der Waals surface area contributed by atoms with Crippen molar-refractivity contribution in [2.75, 3.05) is 9.80 Å². The lowest BCUT2D eigenvalue weighted by Gasteiger charge is -2.26. The third-order valence-electron chi connectivity index (χ3n) is 23.4. The molecule has 0 atom stereocenters. The van der Waals surface area contributed by atoms with Gasteiger partial charge in [0.15, 0.2) is 0 Å². The van der Waals surface area contributed by atoms with E-state index in [2.05, 4.69) is 421 Å². The van der Waals surface area contributed by atoms with Crippen molar-refractivity contribution in [1.82, 2.24) is 9.97 Å². The van der Waals surface area contributed by atoms with Crippen molar-refractivity contribution in [3.05, 3.63) is 425 Å². The molecule has 0 aliphatic heterocycles. The number of pyridine rings is 2. The normalized spacial score (nSPS) is 11.7. The monoisotopic (exact) mass is 1450 g/mol. The quantitative estimate of drug-likeness (QED) is 0.102. The van der Waals surface area contributed by atoms with Gasteiger partial charge >= 0.3 is 0 Å². The van der Waals surface area contributed by atoms with Gasteiger partial charge in [-0.25, -0.2) is 4.98 Å². The van der Waals surface area contributed by atoms with Gasteiger partial charge in [0.2, 0.25) is 0 Å². The molecule has 18 aromatic carbocycles. The van der Waals surface area contributed by atoms with E-state index in [1.54, 1.807) is 0 Å². The van der Waals surface area contributed by atoms with Gasteiger partial charge in [-0.15, -0.1) is 0 Å². The fourth-order valence-corrected chi connectivity index (χ4v) is 18.5. The molecule has 4 nitrogen and oxygen atoms in total. The minimum atomic E-state index is 0.805. The molecule has 0 N–H and O–H groups in total. The molecule has 530 valence electrons. The zero-order chi connectivity index (χ0) is 75.2. The van der Waals surface area contributed by atoms with Gasteiger partial charge in [0.25, 0.3) is 0 Å². The van der Waals surface area contributed by atoms with E-state index in [4.69, 9.17) is 4.98 Å². The predicted molar refractivity (Wildman–Crippen MR) is 479 cm³/mol. The Kier molecular flexibility index (Phi) is 15.9. The zero-order valence-electron chi connectivity index (χ0n) is 62.2. The highest BCUT2D eigenvalue weighted by molar-refractivity contribution is 6.31. The van der Waals surface area contributed by atoms with Gasteiger partial charge in [-0.2, -0.15) is 0 Å². The zero-order valence-corrected chi connectivity index (χ0v) is 62.2. The smallest absolute Gasteiger partial charge is 0.137 e. The molecule has 0 radical (unpaired) electrons. The number of nitrogens with zero attached hydrogens (tertiary/aromatic N) is 4. The summed E-state index contributed by atoms with van der Waals surface area (Å²) in [6.07, 6.45) is 5.86. The van der Waals surface area contributed by atoms with Crippen LogP contribution in [0, 0.1) is 0 Å². The summed E-state index contributed by atoms with van der Waals surface area (Å²) in [6, 6.07) is 149. The van der Waals surface area contributed by atoms with E-state index in [1.807, 2.05) is 18.5 Å². The highest BCUT2D eigenvalue weighted by atomic mass is 15.2. The first-order valence-corrected chi connectivity index (χ1v) is 39.2. The summed E-state index contributed by atoms with van der Waals surface area (Å²) in [5, 5.41) is 9.82. The summed E-state index contributed by atoms with van der Waals surface area (Å²) < 4.78 is 0. The Bertz CT molecular complexity index is 7040. The fourth-order valence-electron chi connectivity index (χ4n) is 18.5. The maximum atomic E-state index is 5.53. The third kappa shape index (κ3) is 11.0. The molecule has 2 heterocycles. The van der Waals surface area contributed by atoms with Crippen LogP contribution in [0.3, 0.4) is 0 Å². The predicted octanol–water partition coefficient (Wildman–Crippen LogP) is 30.3. The molecule has 0 amide bonds. The van der Waals surface area contributed by atoms with Crippen molar-refractivity contribution in [2.45, 2.75) is 0 Å². The fraction of sp³-hybridized carbons (Fsp3) is 0. The van der Waals surface area contributed by atoms with Crippen molar-refractivity contribution in [3.63, 3.8) is 0 Å². The molecule has 2 aliphatic rings. The van der Waals surface area contributed by atoms with Crippen LogP contribution in [0.25, 0.3) is 188 Å². The van der Waals surface area contributed by atoms with Crippen LogP contribution >= 0.6 is 0 Å². The number of anilines is 6. The van der Waals surface area contributed by atoms with E-state index in [9.17, 15) is 0 Å². The molecule has 0 unspecified atom stereocenters. The second-order valence-electron chi connectivity index (χ2n) is 29.8. The standard InChI is InChI=1S/C110H70N4/c1-7-26-71(27-8-1)73-49-55-83(56-50-73)113(87-42-25-65-111-70-87)85-40-21-38-80(66-85)88-60-63-98-106-90(88)46-24-48-96(106)108-104(78-36-17-6-18-37-78)99-68-79(53-59-94(99)103(110(98)108)77-34-15-5-16-35-77)82-54-64-100(112-69-82)114(84-57-51-74(52-58-84)72-28-9-2-10-29-72)86-41-22-39-81(67-86)89-61-62-97-105-91(89)45-23-47-95(105)107-101(75-30-11-3-12-31-75)92-43-19-20-44-93(92)102(109(97)107)76-32-13-4-14-33-76/h1-70H. The molecule has 0 bridgehead atoms. The summed E-state index contributed by atoms with van der Waals surface area (Å²) in [6.45, 7) is 0. The first-order valence-electron chi connectivity index (χ1n) is 39.2. The molecule has 0 saturated heterocycles. The van der Waals surface area contributed by atoms with Crippen molar-refractivity contribution in [1.29, 1.82) is 0 Å². The molecule has 0 fully saturated rings. The first-order chi connectivity index (χ1) is 56.6. The minimum absolute atomic E-state index is 0.805. The lowest BCUT2D eigenvalue weighted by molar-refractivity contribution is 1.18. The number of hydrogen-bond donors (Lipinski definition) is 0. The maximum absolute atomic E-state index is 5.53. The second kappa shape index (κ2) is 27.5. The van der Waals surface area contributed by atoms with E-state index in [0.29, 0.717) is 0 Å². The van der Waals surface area contributed by atoms with Crippen molar-refractivity contribution in [3.8, 4) is 145 Å². The molecule has 0 spiro atoms. The highest BCUT2D eigenvalue weighted by Gasteiger charge is 2.34. The number of benzene rings is 18. The molecule has 22 rings (SSSR count). The second-order valence-corrected chi connectivity index (χ2v) is 29.8. The molecular formula is C110H70N4. The van der Waals surface area contributed by atoms with E-state index in [-0.39, 0.29) is 0 Å². The first kappa shape index (κ1) is 65.9. The Hall–Kier alpha value is -15.1. The summed E-state index contributed by atoms with van der Waals surface area (Å²) >= 11 is 0. The highest BCUT2D eigenvalue weighted by Crippen LogP contribution is 2.61. The third-order valence-corrected chi connectivity index (χ3v) is 23.4. The summed E-state index contributed by atoms with van der Waals surface area (Å²) in [5.74, 6) is 0.805. The summed E-state index contributed by atoms with van der Waals surface area (Å²) in [5.41, 5.74) is 36.2. The lowest BCUT2D eigenvalue weighted by Crippen LogP contribution is -2.11. The Morgan fingerprint density at radius 1 is 0.167 bits per heavy atom. The maximum Gasteiger partial charge on any atom is 0.137 e. The van der Waals surface area contributed by atoms with Gasteiger partial charge in [-0.05, 0) is 261 Å². The largest absolute Gasteiger partial charge is 0.309 e. The van der Waals surface area contributed by atoms with E-state index in [1.165, 1.54) is 154 Å². The van der Waals surface area contributed by atoms with Gasteiger partial charge in [-0.3, -0.25) is 9.88 Å². The molecule has 0 saturated carbocycles. The van der Waals surface area contributed by atoms with Crippen LogP contribution in [-0.2, 0) is 0 Å². The van der Waals surface area contributed by atoms with Crippen LogP contribution in [0.2, 0.25) is 0 Å². The molecular weight excluding hydrogens is 1380 g/mol. The molecule has 4 heteroatoms. The van der Waals surface area contributed by atoms with Crippen LogP contribution < -0.4 is 9.80 Å². The number of hydrogen-bond acceptors (Lipinski definition) is 4. The Morgan fingerprint density at radius 3 is 0.947 bits per heavy atom. The molecule has 2 aromatic heterocycles. The van der Waals surface area contributed by atoms with Gasteiger partial charge in [0, 0.05) is 40.7 Å². The Balaban J connectivity index is 0.669. The topological polar surface area (TPSA) is 32.3 Å². The van der Waals surface area contributed by atoms with Crippen molar-refractivity contribution in [2.24, 2.45) is 0 Å². The van der Waals surface area contributed by atoms with Crippen LogP contribution in [-0.4, -0.2) is 9.97 Å². The van der Waals surface area contributed by atoms with Crippen LogP contribution in [0.15, 0.2) is 425 Å². The Labute approximate surface area is 662 Å². The van der Waals surface area contributed by atoms with Gasteiger partial charge in [-0.1, -0.05) is 328 Å². The number of aromatic nitrogens is 2. The lowest BCUT2D eigenvalue weighted by atomic mass is 9.82. The van der Waals surface area contributed by atoms with E-state index in [0.717, 1.165) is 67.6 Å². The summed E-state index contributed by atoms with van der Waals surface area (Å²) in [4.78, 5) is 14.8. The molecule has 114 heavy (non-hydrogen) atoms. The SMILES string of the molecule is c1ccc(-c2ccc(N(c3cccnc3)c3cccc(-c4ccc5c6c(cccc46)-c4c-5c(-c5ccccc5)c5ccc(-c6ccc(N(c7ccc(-c8ccccc8)cc7)c7cccc(-c8ccc9c%10c(cccc8%10)-c8c-9c(-c9ccccc9)c9ccccc9c8-c8ccccc8)c7)nc6)cc5c4-c4ccccc4)c3)cc2)cc1. The van der Waals surface area contributed by atoms with Crippen molar-refractivity contribution >= 4 is 77.3 Å². The number of rotatable bonds is 15. The van der Waals surface area contributed by atoms with Crippen LogP contribution in [0.1, 0.15) is 0 Å².